The molecule has 0 bridgehead atoms. The van der Waals surface area contributed by atoms with Crippen LogP contribution in [0.1, 0.15) is 28.0 Å². The number of nitrogen functional groups attached to an aromatic ring is 1. The minimum atomic E-state index is -0.462. The van der Waals surface area contributed by atoms with E-state index in [9.17, 15) is 9.59 Å². The topological polar surface area (TPSA) is 145 Å². The molecule has 4 N–H and O–H groups in total. The van der Waals surface area contributed by atoms with E-state index < -0.39 is 12.0 Å². The zero-order valence-corrected chi connectivity index (χ0v) is 23.2. The molecule has 0 aliphatic carbocycles. The fourth-order valence-corrected chi connectivity index (χ4v) is 4.55. The Labute approximate surface area is 244 Å². The number of ether oxygens (including phenoxy) is 2. The monoisotopic (exact) mass is 567 g/mol. The third-order valence-corrected chi connectivity index (χ3v) is 6.79. The summed E-state index contributed by atoms with van der Waals surface area (Å²) >= 11 is 0. The maximum absolute atomic E-state index is 13.2. The molecular weight excluding hydrogens is 534 g/mol. The number of carbonyl (C=O) groups excluding carboxylic acids is 2. The Morgan fingerprint density at radius 1 is 0.976 bits per heavy atom. The molecule has 0 saturated carbocycles. The number of nitrogens with two attached hydrogens (primary N) is 1. The van der Waals surface area contributed by atoms with Crippen molar-refractivity contribution in [3.05, 3.63) is 96.1 Å². The van der Waals surface area contributed by atoms with E-state index in [2.05, 4.69) is 30.5 Å². The van der Waals surface area contributed by atoms with E-state index in [1.165, 1.54) is 0 Å². The highest BCUT2D eigenvalue weighted by Crippen LogP contribution is 2.27. The summed E-state index contributed by atoms with van der Waals surface area (Å²) in [5, 5.41) is 5.68. The van der Waals surface area contributed by atoms with Gasteiger partial charge in [0.05, 0.1) is 42.7 Å². The van der Waals surface area contributed by atoms with Crippen LogP contribution >= 0.6 is 0 Å². The summed E-state index contributed by atoms with van der Waals surface area (Å²) in [5.41, 5.74) is 10.9. The standard InChI is InChI=1S/C31H33N7O4/c32-29-28(30(39)37-26-19-33-14-12-27(26)38-15-17-41-18-16-38)36-25(20-35-29)24-10-8-22(9-11-24)7-4-13-34-31(40)42-21-23-5-2-1-3-6-23/h1-3,5-6,8-12,14,19-20H,4,7,13,15-18,21H2,(H2,32,35)(H,34,40)(H,37,39). The minimum Gasteiger partial charge on any atom is -0.445 e. The first kappa shape index (κ1) is 28.5. The average Bonchev–Trinajstić information content (AvgIpc) is 3.04. The number of pyridine rings is 1. The fraction of sp³-hybridized carbons (Fsp3) is 0.258. The van der Waals surface area contributed by atoms with Crippen LogP contribution in [0.2, 0.25) is 0 Å². The summed E-state index contributed by atoms with van der Waals surface area (Å²) in [4.78, 5) is 40.2. The van der Waals surface area contributed by atoms with Crippen LogP contribution in [-0.2, 0) is 22.5 Å². The molecule has 4 aromatic rings. The van der Waals surface area contributed by atoms with E-state index >= 15 is 0 Å². The number of benzene rings is 2. The maximum atomic E-state index is 13.2. The highest BCUT2D eigenvalue weighted by molar-refractivity contribution is 6.07. The Hall–Kier alpha value is -5.03. The average molecular weight is 568 g/mol. The Balaban J connectivity index is 1.15. The summed E-state index contributed by atoms with van der Waals surface area (Å²) in [5.74, 6) is -0.421. The van der Waals surface area contributed by atoms with Gasteiger partial charge in [0.25, 0.3) is 5.91 Å². The van der Waals surface area contributed by atoms with Gasteiger partial charge in [-0.1, -0.05) is 54.6 Å². The zero-order chi connectivity index (χ0) is 29.1. The maximum Gasteiger partial charge on any atom is 0.407 e. The molecule has 2 amide bonds. The quantitative estimate of drug-likeness (QED) is 0.242. The Morgan fingerprint density at radius 2 is 1.76 bits per heavy atom. The number of morpholine rings is 1. The van der Waals surface area contributed by atoms with Crippen LogP contribution in [0.4, 0.5) is 22.0 Å². The Bertz CT molecular complexity index is 1490. The highest BCUT2D eigenvalue weighted by atomic mass is 16.5. The summed E-state index contributed by atoms with van der Waals surface area (Å²) in [6, 6.07) is 19.2. The molecule has 11 nitrogen and oxygen atoms in total. The predicted octanol–water partition coefficient (Wildman–Crippen LogP) is 4.07. The van der Waals surface area contributed by atoms with Gasteiger partial charge in [-0.05, 0) is 30.0 Å². The lowest BCUT2D eigenvalue weighted by Crippen LogP contribution is -2.36. The summed E-state index contributed by atoms with van der Waals surface area (Å²) in [7, 11) is 0. The fourth-order valence-electron chi connectivity index (χ4n) is 4.55. The van der Waals surface area contributed by atoms with Crippen molar-refractivity contribution in [2.24, 2.45) is 0 Å². The van der Waals surface area contributed by atoms with E-state index in [-0.39, 0.29) is 18.1 Å². The van der Waals surface area contributed by atoms with Crippen LogP contribution < -0.4 is 21.3 Å². The van der Waals surface area contributed by atoms with Crippen molar-refractivity contribution in [1.82, 2.24) is 20.3 Å². The van der Waals surface area contributed by atoms with Crippen LogP contribution in [0.15, 0.2) is 79.3 Å². The van der Waals surface area contributed by atoms with Crippen molar-refractivity contribution in [1.29, 1.82) is 0 Å². The molecular formula is C31H33N7O4. The number of nitrogens with one attached hydrogen (secondary N) is 2. The smallest absolute Gasteiger partial charge is 0.407 e. The number of hydrogen-bond acceptors (Lipinski definition) is 9. The van der Waals surface area contributed by atoms with Crippen molar-refractivity contribution in [2.75, 3.05) is 48.8 Å². The number of aromatic nitrogens is 3. The van der Waals surface area contributed by atoms with Gasteiger partial charge in [0.1, 0.15) is 6.61 Å². The molecule has 1 saturated heterocycles. The van der Waals surface area contributed by atoms with Crippen LogP contribution in [0.5, 0.6) is 0 Å². The lowest BCUT2D eigenvalue weighted by Gasteiger charge is -2.30. The van der Waals surface area contributed by atoms with Gasteiger partial charge in [-0.15, -0.1) is 0 Å². The van der Waals surface area contributed by atoms with Crippen LogP contribution in [-0.4, -0.2) is 59.8 Å². The second kappa shape index (κ2) is 14.0. The van der Waals surface area contributed by atoms with Gasteiger partial charge in [0.2, 0.25) is 0 Å². The molecule has 42 heavy (non-hydrogen) atoms. The number of alkyl carbamates (subject to hydrolysis) is 1. The number of nitrogens with zero attached hydrogens (tertiary/aromatic N) is 4. The van der Waals surface area contributed by atoms with Crippen LogP contribution in [0.3, 0.4) is 0 Å². The number of rotatable bonds is 10. The van der Waals surface area contributed by atoms with Gasteiger partial charge in [0.15, 0.2) is 11.5 Å². The lowest BCUT2D eigenvalue weighted by atomic mass is 10.1. The number of anilines is 3. The van der Waals surface area contributed by atoms with Crippen molar-refractivity contribution < 1.29 is 19.1 Å². The highest BCUT2D eigenvalue weighted by Gasteiger charge is 2.20. The molecule has 2 aromatic heterocycles. The Kier molecular flexibility index (Phi) is 9.53. The molecule has 11 heteroatoms. The second-order valence-corrected chi connectivity index (χ2v) is 9.72. The predicted molar refractivity (Wildman–Crippen MR) is 160 cm³/mol. The molecule has 0 atom stereocenters. The lowest BCUT2D eigenvalue weighted by molar-refractivity contribution is 0.102. The van der Waals surface area contributed by atoms with E-state index in [0.29, 0.717) is 31.1 Å². The molecule has 0 unspecified atom stereocenters. The Morgan fingerprint density at radius 3 is 2.55 bits per heavy atom. The third-order valence-electron chi connectivity index (χ3n) is 6.79. The largest absolute Gasteiger partial charge is 0.445 e. The first-order valence-corrected chi connectivity index (χ1v) is 13.8. The molecule has 3 heterocycles. The van der Waals surface area contributed by atoms with Crippen molar-refractivity contribution in [2.45, 2.75) is 19.4 Å². The molecule has 1 aliphatic heterocycles. The first-order chi connectivity index (χ1) is 20.6. The molecule has 1 fully saturated rings. The first-order valence-electron chi connectivity index (χ1n) is 13.8. The molecule has 0 radical (unpaired) electrons. The van der Waals surface area contributed by atoms with Crippen LogP contribution in [0.25, 0.3) is 11.3 Å². The summed E-state index contributed by atoms with van der Waals surface area (Å²) in [6.45, 7) is 3.42. The van der Waals surface area contributed by atoms with Gasteiger partial charge in [-0.3, -0.25) is 9.78 Å². The normalized spacial score (nSPS) is 12.9. The number of amides is 2. The van der Waals surface area contributed by atoms with Gasteiger partial charge >= 0.3 is 6.09 Å². The van der Waals surface area contributed by atoms with E-state index in [1.54, 1.807) is 18.6 Å². The van der Waals surface area contributed by atoms with E-state index in [0.717, 1.165) is 48.3 Å². The van der Waals surface area contributed by atoms with Crippen LogP contribution in [0, 0.1) is 0 Å². The molecule has 5 rings (SSSR count). The van der Waals surface area contributed by atoms with E-state index in [1.807, 2.05) is 60.7 Å². The van der Waals surface area contributed by atoms with Gasteiger partial charge in [-0.25, -0.2) is 14.8 Å². The summed E-state index contributed by atoms with van der Waals surface area (Å²) < 4.78 is 10.7. The minimum absolute atomic E-state index is 0.0404. The molecule has 216 valence electrons. The third kappa shape index (κ3) is 7.58. The molecule has 1 aliphatic rings. The van der Waals surface area contributed by atoms with Gasteiger partial charge in [-0.2, -0.15) is 0 Å². The SMILES string of the molecule is Nc1ncc(-c2ccc(CCCNC(=O)OCc3ccccc3)cc2)nc1C(=O)Nc1cnccc1N1CCOCC1. The van der Waals surface area contributed by atoms with E-state index in [4.69, 9.17) is 15.2 Å². The number of aryl methyl sites for hydroxylation is 1. The van der Waals surface area contributed by atoms with Gasteiger partial charge in [0, 0.05) is 31.4 Å². The van der Waals surface area contributed by atoms with Gasteiger partial charge < -0.3 is 30.7 Å². The van der Waals surface area contributed by atoms with Crippen molar-refractivity contribution >= 4 is 29.2 Å². The van der Waals surface area contributed by atoms with Crippen molar-refractivity contribution in [3.8, 4) is 11.3 Å². The summed E-state index contributed by atoms with van der Waals surface area (Å²) in [6.07, 6.45) is 5.95. The zero-order valence-electron chi connectivity index (χ0n) is 23.2. The van der Waals surface area contributed by atoms with Crippen molar-refractivity contribution in [3.63, 3.8) is 0 Å². The number of carbonyl (C=O) groups is 2. The number of hydrogen-bond donors (Lipinski definition) is 3. The molecule has 0 spiro atoms. The molecule has 2 aromatic carbocycles. The second-order valence-electron chi connectivity index (χ2n) is 9.72.